The Hall–Kier alpha value is -4.80. The number of H-pyrrole nitrogens is 2. The molecule has 0 bridgehead atoms. The monoisotopic (exact) mass is 550 g/mol. The van der Waals surface area contributed by atoms with Crippen LogP contribution < -0.4 is 33.5 Å². The first-order chi connectivity index (χ1) is 18.3. The lowest BCUT2D eigenvalue weighted by Gasteiger charge is -2.23. The molecule has 0 atom stereocenters. The molecule has 0 aliphatic rings. The first-order valence-electron chi connectivity index (χ1n) is 11.7. The van der Waals surface area contributed by atoms with E-state index >= 15 is 0 Å². The van der Waals surface area contributed by atoms with E-state index in [2.05, 4.69) is 10.3 Å². The number of nitrogens with two attached hydrogens (primary N) is 1. The maximum absolute atomic E-state index is 12.7. The first kappa shape index (κ1) is 30.4. The second kappa shape index (κ2) is 13.7. The van der Waals surface area contributed by atoms with E-state index in [1.807, 2.05) is 4.98 Å². The van der Waals surface area contributed by atoms with E-state index in [9.17, 15) is 38.4 Å². The van der Waals surface area contributed by atoms with Crippen molar-refractivity contribution in [3.8, 4) is 0 Å². The summed E-state index contributed by atoms with van der Waals surface area (Å²) in [6.07, 6.45) is 2.39. The van der Waals surface area contributed by atoms with Gasteiger partial charge in [-0.05, 0) is 13.8 Å². The molecule has 6 N–H and O–H groups in total. The predicted molar refractivity (Wildman–Crippen MR) is 135 cm³/mol. The zero-order valence-corrected chi connectivity index (χ0v) is 21.4. The van der Waals surface area contributed by atoms with Crippen LogP contribution in [-0.2, 0) is 32.3 Å². The van der Waals surface area contributed by atoms with Gasteiger partial charge in [0.1, 0.15) is 19.6 Å². The lowest BCUT2D eigenvalue weighted by molar-refractivity contribution is -0.144. The van der Waals surface area contributed by atoms with Gasteiger partial charge in [0, 0.05) is 49.7 Å². The Kier molecular flexibility index (Phi) is 10.7. The smallest absolute Gasteiger partial charge is 0.328 e. The van der Waals surface area contributed by atoms with Gasteiger partial charge in [-0.15, -0.1) is 0 Å². The van der Waals surface area contributed by atoms with Gasteiger partial charge >= 0.3 is 17.3 Å². The minimum absolute atomic E-state index is 0.0136. The number of aromatic nitrogens is 4. The van der Waals surface area contributed by atoms with E-state index in [1.54, 1.807) is 0 Å². The number of carbonyl (C=O) groups excluding carboxylic acids is 3. The van der Waals surface area contributed by atoms with Gasteiger partial charge in [-0.3, -0.25) is 47.9 Å². The molecule has 2 aromatic heterocycles. The lowest BCUT2D eigenvalue weighted by Crippen LogP contribution is -2.48. The molecule has 2 rings (SSSR count). The second-order valence-electron chi connectivity index (χ2n) is 8.56. The summed E-state index contributed by atoms with van der Waals surface area (Å²) in [7, 11) is 0. The SMILES string of the molecule is Cc1cn(CC(=O)N(CCNC(=O)CN(CCN)C(=O)Cn2cc(C)c(=O)[nH]c2=O)CC(=O)O)c(=O)[nH]c1=O. The average molecular weight is 551 g/mol. The van der Waals surface area contributed by atoms with Crippen molar-refractivity contribution in [1.29, 1.82) is 0 Å². The van der Waals surface area contributed by atoms with Crippen molar-refractivity contribution in [1.82, 2.24) is 34.2 Å². The number of nitrogens with one attached hydrogen (secondary N) is 3. The number of aryl methyl sites for hydroxylation is 2. The molecule has 2 aromatic rings. The topological polar surface area (TPSA) is 243 Å². The van der Waals surface area contributed by atoms with Gasteiger partial charge in [0.2, 0.25) is 17.7 Å². The van der Waals surface area contributed by atoms with Crippen molar-refractivity contribution >= 4 is 23.7 Å². The molecule has 212 valence electrons. The highest BCUT2D eigenvalue weighted by atomic mass is 16.4. The molecule has 17 heteroatoms. The number of aliphatic carboxylic acids is 1. The molecule has 0 aromatic carbocycles. The number of hydrogen-bond acceptors (Lipinski definition) is 9. The maximum atomic E-state index is 12.7. The van der Waals surface area contributed by atoms with E-state index in [0.29, 0.717) is 0 Å². The number of carboxylic acid groups (broad SMARTS) is 1. The number of carboxylic acids is 1. The summed E-state index contributed by atoms with van der Waals surface area (Å²) in [4.78, 5) is 102. The summed E-state index contributed by atoms with van der Waals surface area (Å²) < 4.78 is 1.92. The van der Waals surface area contributed by atoms with Gasteiger partial charge in [0.15, 0.2) is 0 Å². The Balaban J connectivity index is 2.00. The van der Waals surface area contributed by atoms with Crippen molar-refractivity contribution in [2.45, 2.75) is 26.9 Å². The molecule has 0 fully saturated rings. The molecular weight excluding hydrogens is 520 g/mol. The van der Waals surface area contributed by atoms with Crippen molar-refractivity contribution in [2.24, 2.45) is 5.73 Å². The number of rotatable bonds is 13. The molecule has 2 heterocycles. The van der Waals surface area contributed by atoms with E-state index in [-0.39, 0.29) is 37.3 Å². The van der Waals surface area contributed by atoms with Crippen LogP contribution >= 0.6 is 0 Å². The third-order valence-corrected chi connectivity index (χ3v) is 5.46. The Labute approximate surface area is 219 Å². The molecule has 0 saturated heterocycles. The molecule has 17 nitrogen and oxygen atoms in total. The van der Waals surface area contributed by atoms with Gasteiger partial charge < -0.3 is 26.0 Å². The van der Waals surface area contributed by atoms with Gasteiger partial charge in [0.05, 0.1) is 6.54 Å². The highest BCUT2D eigenvalue weighted by Gasteiger charge is 2.20. The second-order valence-corrected chi connectivity index (χ2v) is 8.56. The lowest BCUT2D eigenvalue weighted by atomic mass is 10.3. The predicted octanol–water partition coefficient (Wildman–Crippen LogP) is -4.48. The number of amides is 3. The van der Waals surface area contributed by atoms with Crippen molar-refractivity contribution in [3.63, 3.8) is 0 Å². The molecule has 0 unspecified atom stereocenters. The van der Waals surface area contributed by atoms with Crippen molar-refractivity contribution < 1.29 is 24.3 Å². The van der Waals surface area contributed by atoms with E-state index in [4.69, 9.17) is 10.8 Å². The summed E-state index contributed by atoms with van der Waals surface area (Å²) in [5.41, 5.74) is 3.09. The summed E-state index contributed by atoms with van der Waals surface area (Å²) in [5, 5.41) is 11.6. The Morgan fingerprint density at radius 2 is 1.31 bits per heavy atom. The third kappa shape index (κ3) is 8.92. The van der Waals surface area contributed by atoms with Crippen LogP contribution in [0.4, 0.5) is 0 Å². The van der Waals surface area contributed by atoms with E-state index in [1.165, 1.54) is 26.2 Å². The first-order valence-corrected chi connectivity index (χ1v) is 11.7. The summed E-state index contributed by atoms with van der Waals surface area (Å²) >= 11 is 0. The van der Waals surface area contributed by atoms with Crippen LogP contribution in [0, 0.1) is 13.8 Å². The maximum Gasteiger partial charge on any atom is 0.328 e. The normalized spacial score (nSPS) is 10.6. The average Bonchev–Trinajstić information content (AvgIpc) is 2.84. The quantitative estimate of drug-likeness (QED) is 0.160. The Bertz CT molecular complexity index is 1470. The molecule has 3 amide bonds. The van der Waals surface area contributed by atoms with Crippen LogP contribution in [0.1, 0.15) is 11.1 Å². The minimum Gasteiger partial charge on any atom is -0.480 e. The van der Waals surface area contributed by atoms with Gasteiger partial charge in [-0.2, -0.15) is 0 Å². The van der Waals surface area contributed by atoms with Crippen LogP contribution in [-0.4, -0.2) is 97.0 Å². The zero-order chi connectivity index (χ0) is 29.3. The van der Waals surface area contributed by atoms with Gasteiger partial charge in [-0.25, -0.2) is 9.59 Å². The highest BCUT2D eigenvalue weighted by Crippen LogP contribution is 1.96. The summed E-state index contributed by atoms with van der Waals surface area (Å²) in [5.74, 6) is -3.33. The van der Waals surface area contributed by atoms with E-state index in [0.717, 1.165) is 18.9 Å². The van der Waals surface area contributed by atoms with Gasteiger partial charge in [0.25, 0.3) is 11.1 Å². The zero-order valence-electron chi connectivity index (χ0n) is 21.4. The van der Waals surface area contributed by atoms with Crippen LogP contribution in [0.15, 0.2) is 31.6 Å². The summed E-state index contributed by atoms with van der Waals surface area (Å²) in [6, 6.07) is 0. The Morgan fingerprint density at radius 3 is 1.74 bits per heavy atom. The summed E-state index contributed by atoms with van der Waals surface area (Å²) in [6.45, 7) is 0.344. The van der Waals surface area contributed by atoms with Crippen LogP contribution in [0.5, 0.6) is 0 Å². The van der Waals surface area contributed by atoms with E-state index < -0.39 is 72.4 Å². The standard InChI is InChI=1S/C22H30N8O9/c1-13-7-29(21(38)25-19(13)36)10-16(32)27(5-3-23)9-15(31)24-4-6-28(12-18(34)35)17(33)11-30-8-14(2)20(37)26-22(30)39/h7-8H,3-6,9-12,23H2,1-2H3,(H,24,31)(H,34,35)(H,25,36,38)(H,26,37,39). The number of carbonyl (C=O) groups is 4. The molecular formula is C22H30N8O9. The molecule has 0 aliphatic heterocycles. The van der Waals surface area contributed by atoms with Crippen molar-refractivity contribution in [3.05, 3.63) is 65.2 Å². The van der Waals surface area contributed by atoms with Crippen LogP contribution in [0.2, 0.25) is 0 Å². The Morgan fingerprint density at radius 1 is 0.846 bits per heavy atom. The number of aromatic amines is 2. The minimum atomic E-state index is -1.33. The molecule has 0 radical (unpaired) electrons. The molecule has 39 heavy (non-hydrogen) atoms. The van der Waals surface area contributed by atoms with Gasteiger partial charge in [-0.1, -0.05) is 0 Å². The van der Waals surface area contributed by atoms with Crippen LogP contribution in [0.3, 0.4) is 0 Å². The fourth-order valence-corrected chi connectivity index (χ4v) is 3.43. The van der Waals surface area contributed by atoms with Crippen LogP contribution in [0.25, 0.3) is 0 Å². The fourth-order valence-electron chi connectivity index (χ4n) is 3.43. The highest BCUT2D eigenvalue weighted by molar-refractivity contribution is 5.85. The fraction of sp³-hybridized carbons (Fsp3) is 0.455. The largest absolute Gasteiger partial charge is 0.480 e. The van der Waals surface area contributed by atoms with Crippen molar-refractivity contribution in [2.75, 3.05) is 39.3 Å². The molecule has 0 aliphatic carbocycles. The third-order valence-electron chi connectivity index (χ3n) is 5.46. The molecule has 0 spiro atoms. The number of nitrogens with zero attached hydrogens (tertiary/aromatic N) is 4. The molecule has 0 saturated carbocycles. The number of hydrogen-bond donors (Lipinski definition) is 5.